The molecule has 0 fully saturated rings. The second-order valence-electron chi connectivity index (χ2n) is 6.87. The molecule has 1 N–H and O–H groups in total. The third-order valence-corrected chi connectivity index (χ3v) is 4.83. The molecule has 0 aliphatic heterocycles. The Kier molecular flexibility index (Phi) is 18.3. The summed E-state index contributed by atoms with van der Waals surface area (Å²) in [6, 6.07) is 0. The molecule has 1 atom stereocenters. The van der Waals surface area contributed by atoms with Gasteiger partial charge in [0, 0.05) is 12.2 Å². The van der Waals surface area contributed by atoms with Crippen LogP contribution >= 0.6 is 0 Å². The predicted molar refractivity (Wildman–Crippen MR) is 98.7 cm³/mol. The summed E-state index contributed by atoms with van der Waals surface area (Å²) in [6.07, 6.45) is 13.1. The molecule has 0 aliphatic rings. The molecule has 0 aromatic heterocycles. The van der Waals surface area contributed by atoms with E-state index in [-0.39, 0.29) is 35.3 Å². The molecule has 25 heavy (non-hydrogen) atoms. The van der Waals surface area contributed by atoms with Gasteiger partial charge in [-0.25, -0.2) is 8.42 Å². The molecule has 0 saturated carbocycles. The summed E-state index contributed by atoms with van der Waals surface area (Å²) in [7, 11) is -4.02. The minimum absolute atomic E-state index is 0. The quantitative estimate of drug-likeness (QED) is 0.213. The average molecular weight is 383 g/mol. The number of hydrogen-bond acceptors (Lipinski definition) is 4. The van der Waals surface area contributed by atoms with Gasteiger partial charge in [0.2, 0.25) is 0 Å². The van der Waals surface area contributed by atoms with Crippen LogP contribution in [0.2, 0.25) is 0 Å². The van der Waals surface area contributed by atoms with Crippen molar-refractivity contribution in [1.29, 1.82) is 0 Å². The van der Waals surface area contributed by atoms with E-state index in [0.717, 1.165) is 44.9 Å². The van der Waals surface area contributed by atoms with Gasteiger partial charge in [-0.2, -0.15) is 0 Å². The smallest absolute Gasteiger partial charge is 0.748 e. The van der Waals surface area contributed by atoms with Gasteiger partial charge in [0.25, 0.3) is 0 Å². The molecule has 0 aromatic carbocycles. The molecule has 1 unspecified atom stereocenters. The maximum Gasteiger partial charge on any atom is 1.00 e. The summed E-state index contributed by atoms with van der Waals surface area (Å²) >= 11 is 0. The summed E-state index contributed by atoms with van der Waals surface area (Å²) in [5, 5.41) is 9.91. The molecule has 4 nitrogen and oxygen atoms in total. The van der Waals surface area contributed by atoms with Crippen LogP contribution in [0.4, 0.5) is 0 Å². The van der Waals surface area contributed by atoms with Crippen molar-refractivity contribution in [2.24, 2.45) is 0 Å². The second-order valence-corrected chi connectivity index (χ2v) is 8.40. The molecule has 0 aromatic rings. The number of aliphatic hydroxyl groups is 1. The first-order chi connectivity index (χ1) is 11.3. The Morgan fingerprint density at radius 2 is 1.36 bits per heavy atom. The Bertz CT molecular complexity index is 464. The molecule has 142 valence electrons. The first-order valence-electron chi connectivity index (χ1n) is 9.43. The van der Waals surface area contributed by atoms with Gasteiger partial charge >= 0.3 is 29.6 Å². The molecule has 0 rings (SSSR count). The fourth-order valence-corrected chi connectivity index (χ4v) is 3.27. The van der Waals surface area contributed by atoms with Crippen molar-refractivity contribution >= 4 is 10.1 Å². The molecule has 0 saturated heterocycles. The maximum atomic E-state index is 10.4. The van der Waals surface area contributed by atoms with E-state index in [9.17, 15) is 18.1 Å². The van der Waals surface area contributed by atoms with Gasteiger partial charge < -0.3 is 9.66 Å². The first-order valence-corrected chi connectivity index (χ1v) is 11.0. The number of rotatable bonds is 14. The van der Waals surface area contributed by atoms with Crippen molar-refractivity contribution in [3.8, 4) is 11.8 Å². The summed E-state index contributed by atoms with van der Waals surface area (Å²) in [5.74, 6) is 5.82. The van der Waals surface area contributed by atoms with Crippen LogP contribution < -0.4 is 29.6 Å². The summed E-state index contributed by atoms with van der Waals surface area (Å²) in [6.45, 7) is 3.83. The van der Waals surface area contributed by atoms with E-state index < -0.39 is 15.7 Å². The van der Waals surface area contributed by atoms with E-state index in [0.29, 0.717) is 6.42 Å². The zero-order chi connectivity index (χ0) is 18.3. The van der Waals surface area contributed by atoms with E-state index in [1.165, 1.54) is 32.1 Å². The van der Waals surface area contributed by atoms with E-state index in [1.54, 1.807) is 6.92 Å². The van der Waals surface area contributed by atoms with Gasteiger partial charge in [-0.05, 0) is 26.2 Å². The van der Waals surface area contributed by atoms with Gasteiger partial charge in [0.05, 0.1) is 10.1 Å². The normalized spacial score (nSPS) is 13.4. The van der Waals surface area contributed by atoms with Gasteiger partial charge in [-0.15, -0.1) is 5.92 Å². The molecule has 0 heterocycles. The maximum absolute atomic E-state index is 10.4. The van der Waals surface area contributed by atoms with Crippen molar-refractivity contribution < 1.29 is 47.6 Å². The molecule has 0 bridgehead atoms. The minimum Gasteiger partial charge on any atom is -0.748 e. The monoisotopic (exact) mass is 382 g/mol. The Labute approximate surface area is 177 Å². The molecule has 0 radical (unpaired) electrons. The average Bonchev–Trinajstić information content (AvgIpc) is 2.46. The topological polar surface area (TPSA) is 77.4 Å². The van der Waals surface area contributed by atoms with Crippen molar-refractivity contribution in [1.82, 2.24) is 0 Å². The largest absolute Gasteiger partial charge is 1.00 e. The number of hydrogen-bond donors (Lipinski definition) is 1. The van der Waals surface area contributed by atoms with Crippen LogP contribution in [-0.2, 0) is 10.1 Å². The van der Waals surface area contributed by atoms with Crippen LogP contribution in [0.15, 0.2) is 0 Å². The first kappa shape index (κ1) is 27.6. The van der Waals surface area contributed by atoms with Gasteiger partial charge in [-0.1, -0.05) is 70.6 Å². The van der Waals surface area contributed by atoms with Crippen molar-refractivity contribution in [3.63, 3.8) is 0 Å². The summed E-state index contributed by atoms with van der Waals surface area (Å²) < 4.78 is 31.3. The van der Waals surface area contributed by atoms with Crippen LogP contribution in [0.3, 0.4) is 0 Å². The van der Waals surface area contributed by atoms with Gasteiger partial charge in [-0.3, -0.25) is 0 Å². The molecular weight excluding hydrogens is 347 g/mol. The third-order valence-electron chi connectivity index (χ3n) is 4.04. The summed E-state index contributed by atoms with van der Waals surface area (Å²) in [4.78, 5) is 0. The molecule has 0 spiro atoms. The van der Waals surface area contributed by atoms with Crippen molar-refractivity contribution in [2.45, 2.75) is 103 Å². The van der Waals surface area contributed by atoms with E-state index in [2.05, 4.69) is 11.8 Å². The third kappa shape index (κ3) is 22.4. The van der Waals surface area contributed by atoms with Crippen molar-refractivity contribution in [3.05, 3.63) is 0 Å². The molecular formula is C19H35NaO4S. The van der Waals surface area contributed by atoms with Crippen LogP contribution in [0.5, 0.6) is 0 Å². The van der Waals surface area contributed by atoms with Crippen molar-refractivity contribution in [2.75, 3.05) is 5.75 Å². The Hall–Kier alpha value is 0.430. The van der Waals surface area contributed by atoms with Gasteiger partial charge in [0.1, 0.15) is 5.60 Å². The Morgan fingerprint density at radius 3 is 1.80 bits per heavy atom. The standard InChI is InChI=1S/C19H36O4S.Na/c1-3-16-19(2,20)17-14-12-10-8-6-4-5-7-9-11-13-15-18-24(21,22)23;/h20H,3-13,15-16,18H2,1-2H3,(H,21,22,23);/q;+1/p-1. The Morgan fingerprint density at radius 1 is 0.920 bits per heavy atom. The van der Waals surface area contributed by atoms with Crippen LogP contribution in [-0.4, -0.2) is 29.4 Å². The fourth-order valence-electron chi connectivity index (χ4n) is 2.71. The summed E-state index contributed by atoms with van der Waals surface area (Å²) in [5.41, 5.74) is -0.827. The molecule has 6 heteroatoms. The van der Waals surface area contributed by atoms with E-state index in [4.69, 9.17) is 0 Å². The zero-order valence-electron chi connectivity index (χ0n) is 16.5. The van der Waals surface area contributed by atoms with E-state index >= 15 is 0 Å². The molecule has 0 aliphatic carbocycles. The van der Waals surface area contributed by atoms with Crippen LogP contribution in [0, 0.1) is 11.8 Å². The predicted octanol–water partition coefficient (Wildman–Crippen LogP) is 1.38. The van der Waals surface area contributed by atoms with Gasteiger partial charge in [0.15, 0.2) is 0 Å². The molecule has 0 amide bonds. The SMILES string of the molecule is CCCC(C)(O)C#CCCCCCCCCCCCCS(=O)(=O)[O-].[Na+]. The zero-order valence-corrected chi connectivity index (χ0v) is 19.3. The van der Waals surface area contributed by atoms with E-state index in [1.807, 2.05) is 6.92 Å². The van der Waals surface area contributed by atoms with Crippen LogP contribution in [0.1, 0.15) is 97.3 Å². The number of unbranched alkanes of at least 4 members (excludes halogenated alkanes) is 10. The van der Waals surface area contributed by atoms with Crippen LogP contribution in [0.25, 0.3) is 0 Å². The minimum atomic E-state index is -4.02. The Balaban J connectivity index is 0. The fraction of sp³-hybridized carbons (Fsp3) is 0.895. The second kappa shape index (κ2) is 16.6.